The van der Waals surface area contributed by atoms with Gasteiger partial charge in [-0.3, -0.25) is 14.5 Å². The predicted octanol–water partition coefficient (Wildman–Crippen LogP) is 4.51. The van der Waals surface area contributed by atoms with Crippen LogP contribution in [0.3, 0.4) is 0 Å². The highest BCUT2D eigenvalue weighted by Gasteiger charge is 2.48. The molecule has 0 fully saturated rings. The minimum absolute atomic E-state index is 0.229. The van der Waals surface area contributed by atoms with Crippen LogP contribution in [0.1, 0.15) is 44.4 Å². The molecule has 1 aliphatic rings. The summed E-state index contributed by atoms with van der Waals surface area (Å²) in [6.07, 6.45) is 0.819. The molecule has 1 amide bonds. The zero-order valence-corrected chi connectivity index (χ0v) is 18.5. The van der Waals surface area contributed by atoms with Crippen molar-refractivity contribution >= 4 is 28.9 Å². The van der Waals surface area contributed by atoms with Gasteiger partial charge in [0.15, 0.2) is 5.92 Å². The van der Waals surface area contributed by atoms with Crippen molar-refractivity contribution in [3.05, 3.63) is 59.7 Å². The molecular weight excluding hydrogens is 390 g/mol. The van der Waals surface area contributed by atoms with Gasteiger partial charge in [-0.25, -0.2) is 4.98 Å². The van der Waals surface area contributed by atoms with E-state index in [1.165, 1.54) is 0 Å². The number of anilines is 1. The van der Waals surface area contributed by atoms with Crippen LogP contribution in [0.4, 0.5) is 5.95 Å². The summed E-state index contributed by atoms with van der Waals surface area (Å²) in [6, 6.07) is 15.2. The maximum absolute atomic E-state index is 13.8. The van der Waals surface area contributed by atoms with E-state index in [1.54, 1.807) is 11.8 Å². The van der Waals surface area contributed by atoms with Crippen molar-refractivity contribution in [2.45, 2.75) is 40.2 Å². The van der Waals surface area contributed by atoms with Gasteiger partial charge in [0, 0.05) is 6.54 Å². The van der Waals surface area contributed by atoms with E-state index in [4.69, 9.17) is 9.72 Å². The molecule has 0 aliphatic carbocycles. The van der Waals surface area contributed by atoms with Crippen LogP contribution >= 0.6 is 0 Å². The minimum atomic E-state index is -0.960. The first kappa shape index (κ1) is 21.1. The van der Waals surface area contributed by atoms with Crippen LogP contribution in [0, 0.1) is 18.8 Å². The Morgan fingerprint density at radius 1 is 1.13 bits per heavy atom. The Morgan fingerprint density at radius 3 is 2.55 bits per heavy atom. The molecule has 6 nitrogen and oxygen atoms in total. The summed E-state index contributed by atoms with van der Waals surface area (Å²) in [5.41, 5.74) is 3.67. The number of imidazole rings is 1. The summed E-state index contributed by atoms with van der Waals surface area (Å²) in [6.45, 7) is 8.75. The lowest BCUT2D eigenvalue weighted by Crippen LogP contribution is -2.50. The smallest absolute Gasteiger partial charge is 0.321 e. The summed E-state index contributed by atoms with van der Waals surface area (Å²) in [7, 11) is 0. The quantitative estimate of drug-likeness (QED) is 0.436. The maximum Gasteiger partial charge on any atom is 0.321 e. The maximum atomic E-state index is 13.8. The lowest BCUT2D eigenvalue weighted by molar-refractivity contribution is -0.153. The number of carbonyl (C=O) groups is 2. The second kappa shape index (κ2) is 8.53. The Labute approximate surface area is 182 Å². The summed E-state index contributed by atoms with van der Waals surface area (Å²) in [4.78, 5) is 33.4. The fourth-order valence-corrected chi connectivity index (χ4v) is 4.34. The highest BCUT2D eigenvalue weighted by Crippen LogP contribution is 2.42. The third kappa shape index (κ3) is 3.71. The summed E-state index contributed by atoms with van der Waals surface area (Å²) in [5, 5.41) is 0. The molecule has 3 aromatic rings. The third-order valence-electron chi connectivity index (χ3n) is 5.92. The van der Waals surface area contributed by atoms with E-state index in [-0.39, 0.29) is 12.5 Å². The number of aryl methyl sites for hydroxylation is 1. The number of ether oxygens (including phenoxy) is 1. The van der Waals surface area contributed by atoms with Gasteiger partial charge in [0.1, 0.15) is 0 Å². The highest BCUT2D eigenvalue weighted by atomic mass is 16.5. The summed E-state index contributed by atoms with van der Waals surface area (Å²) < 4.78 is 7.46. The molecule has 0 bridgehead atoms. The van der Waals surface area contributed by atoms with Crippen LogP contribution in [0.2, 0.25) is 0 Å². The van der Waals surface area contributed by atoms with Gasteiger partial charge >= 0.3 is 5.97 Å². The van der Waals surface area contributed by atoms with E-state index in [0.29, 0.717) is 18.4 Å². The minimum Gasteiger partial charge on any atom is -0.465 e. The number of carbonyl (C=O) groups excluding carboxylic acids is 2. The molecule has 6 heteroatoms. The Morgan fingerprint density at radius 2 is 1.84 bits per heavy atom. The number of hydrogen-bond donors (Lipinski definition) is 0. The monoisotopic (exact) mass is 419 g/mol. The largest absolute Gasteiger partial charge is 0.465 e. The standard InChI is InChI=1S/C25H29N3O3/c1-5-31-24(30)21-22(18-11-7-6-10-17(18)4)28-20-13-9-8-12-19(20)26-25(28)27(23(21)29)15-14-16(2)3/h6-13,16,21-22H,5,14-15H2,1-4H3/t21-,22-/m0/s1. The molecule has 2 aromatic carbocycles. The molecule has 2 atom stereocenters. The van der Waals surface area contributed by atoms with Crippen LogP contribution in [-0.4, -0.2) is 34.6 Å². The van der Waals surface area contributed by atoms with Crippen LogP contribution in [0.25, 0.3) is 11.0 Å². The molecule has 0 spiro atoms. The van der Waals surface area contributed by atoms with Crippen LogP contribution < -0.4 is 4.90 Å². The summed E-state index contributed by atoms with van der Waals surface area (Å²) in [5.74, 6) is -0.673. The first-order valence-corrected chi connectivity index (χ1v) is 10.9. The Hall–Kier alpha value is -3.15. The predicted molar refractivity (Wildman–Crippen MR) is 121 cm³/mol. The van der Waals surface area contributed by atoms with Crippen molar-refractivity contribution in [3.8, 4) is 0 Å². The average molecular weight is 420 g/mol. The fourth-order valence-electron chi connectivity index (χ4n) is 4.34. The molecule has 0 radical (unpaired) electrons. The van der Waals surface area contributed by atoms with Crippen LogP contribution in [0.5, 0.6) is 0 Å². The van der Waals surface area contributed by atoms with Gasteiger partial charge in [-0.15, -0.1) is 0 Å². The van der Waals surface area contributed by atoms with Crippen molar-refractivity contribution in [3.63, 3.8) is 0 Å². The van der Waals surface area contributed by atoms with Crippen LogP contribution in [0.15, 0.2) is 48.5 Å². The van der Waals surface area contributed by atoms with E-state index in [2.05, 4.69) is 18.4 Å². The molecule has 0 N–H and O–H groups in total. The SMILES string of the molecule is CCOC(=O)[C@@H]1C(=O)N(CCC(C)C)c2nc3ccccc3n2[C@H]1c1ccccc1C. The number of benzene rings is 2. The van der Waals surface area contributed by atoms with Crippen molar-refractivity contribution in [2.24, 2.45) is 11.8 Å². The fraction of sp³-hybridized carbons (Fsp3) is 0.400. The van der Waals surface area contributed by atoms with Gasteiger partial charge in [-0.05, 0) is 49.4 Å². The normalized spacial score (nSPS) is 18.5. The number of nitrogens with zero attached hydrogens (tertiary/aromatic N) is 3. The number of fused-ring (bicyclic) bond motifs is 3. The molecule has 1 aliphatic heterocycles. The lowest BCUT2D eigenvalue weighted by Gasteiger charge is -2.38. The molecule has 0 saturated carbocycles. The van der Waals surface area contributed by atoms with Crippen molar-refractivity contribution < 1.29 is 14.3 Å². The van der Waals surface area contributed by atoms with Gasteiger partial charge < -0.3 is 9.30 Å². The van der Waals surface area contributed by atoms with Crippen LogP contribution in [-0.2, 0) is 14.3 Å². The zero-order valence-electron chi connectivity index (χ0n) is 18.5. The molecular formula is C25H29N3O3. The Bertz CT molecular complexity index is 1120. The summed E-state index contributed by atoms with van der Waals surface area (Å²) >= 11 is 0. The van der Waals surface area contributed by atoms with Gasteiger partial charge in [0.05, 0.1) is 23.7 Å². The molecule has 162 valence electrons. The van der Waals surface area contributed by atoms with E-state index >= 15 is 0 Å². The average Bonchev–Trinajstić information content (AvgIpc) is 3.12. The number of amides is 1. The van der Waals surface area contributed by atoms with E-state index in [9.17, 15) is 9.59 Å². The number of rotatable bonds is 6. The zero-order chi connectivity index (χ0) is 22.1. The third-order valence-corrected chi connectivity index (χ3v) is 5.92. The molecule has 31 heavy (non-hydrogen) atoms. The second-order valence-electron chi connectivity index (χ2n) is 8.47. The van der Waals surface area contributed by atoms with Crippen molar-refractivity contribution in [1.29, 1.82) is 0 Å². The van der Waals surface area contributed by atoms with E-state index in [0.717, 1.165) is 28.6 Å². The first-order valence-electron chi connectivity index (χ1n) is 10.9. The molecule has 1 aromatic heterocycles. The van der Waals surface area contributed by atoms with Gasteiger partial charge in [0.2, 0.25) is 11.9 Å². The van der Waals surface area contributed by atoms with Gasteiger partial charge in [-0.2, -0.15) is 0 Å². The molecule has 2 heterocycles. The van der Waals surface area contributed by atoms with Crippen molar-refractivity contribution in [2.75, 3.05) is 18.1 Å². The molecule has 4 rings (SSSR count). The number of para-hydroxylation sites is 2. The highest BCUT2D eigenvalue weighted by molar-refractivity contribution is 6.08. The number of aromatic nitrogens is 2. The number of esters is 1. The van der Waals surface area contributed by atoms with Crippen molar-refractivity contribution in [1.82, 2.24) is 9.55 Å². The van der Waals surface area contributed by atoms with Gasteiger partial charge in [0.25, 0.3) is 0 Å². The Kier molecular flexibility index (Phi) is 5.81. The van der Waals surface area contributed by atoms with Gasteiger partial charge in [-0.1, -0.05) is 50.2 Å². The lowest BCUT2D eigenvalue weighted by atomic mass is 9.87. The first-order chi connectivity index (χ1) is 14.9. The van der Waals surface area contributed by atoms with E-state index in [1.807, 2.05) is 55.5 Å². The number of hydrogen-bond acceptors (Lipinski definition) is 4. The Balaban J connectivity index is 1.98. The topological polar surface area (TPSA) is 64.4 Å². The second-order valence-corrected chi connectivity index (χ2v) is 8.47. The molecule has 0 saturated heterocycles. The van der Waals surface area contributed by atoms with E-state index < -0.39 is 17.9 Å². The molecule has 0 unspecified atom stereocenters.